The van der Waals surface area contributed by atoms with Crippen molar-refractivity contribution in [1.82, 2.24) is 0 Å². The van der Waals surface area contributed by atoms with E-state index >= 15 is 0 Å². The summed E-state index contributed by atoms with van der Waals surface area (Å²) in [4.78, 5) is 24.9. The molecule has 2 aromatic carbocycles. The Hall–Kier alpha value is -2.39. The van der Waals surface area contributed by atoms with Gasteiger partial charge in [-0.15, -0.1) is 11.8 Å². The van der Waals surface area contributed by atoms with Crippen LogP contribution in [0.5, 0.6) is 0 Å². The third kappa shape index (κ3) is 4.62. The first-order valence-corrected chi connectivity index (χ1v) is 11.4. The van der Waals surface area contributed by atoms with Gasteiger partial charge in [-0.3, -0.25) is 9.59 Å². The van der Waals surface area contributed by atoms with Crippen molar-refractivity contribution in [2.24, 2.45) is 0 Å². The number of aryl methyl sites for hydroxylation is 1. The zero-order valence-electron chi connectivity index (χ0n) is 16.2. The van der Waals surface area contributed by atoms with E-state index in [0.717, 1.165) is 4.90 Å². The summed E-state index contributed by atoms with van der Waals surface area (Å²) in [7, 11) is -3.80. The Morgan fingerprint density at radius 2 is 2.00 bits per heavy atom. The molecule has 154 valence electrons. The van der Waals surface area contributed by atoms with E-state index in [1.807, 2.05) is 0 Å². The molecule has 1 aliphatic heterocycles. The lowest BCUT2D eigenvalue weighted by molar-refractivity contribution is -0.116. The lowest BCUT2D eigenvalue weighted by atomic mass is 10.2. The Bertz CT molecular complexity index is 1090. The zero-order chi connectivity index (χ0) is 21.3. The molecule has 6 nitrogen and oxygen atoms in total. The molecule has 3 rings (SSSR count). The summed E-state index contributed by atoms with van der Waals surface area (Å²) < 4.78 is 39.4. The third-order valence-electron chi connectivity index (χ3n) is 4.67. The van der Waals surface area contributed by atoms with Crippen molar-refractivity contribution in [2.75, 3.05) is 10.6 Å². The largest absolute Gasteiger partial charge is 0.326 e. The highest BCUT2D eigenvalue weighted by molar-refractivity contribution is 8.01. The van der Waals surface area contributed by atoms with Crippen molar-refractivity contribution in [2.45, 2.75) is 47.5 Å². The van der Waals surface area contributed by atoms with Gasteiger partial charge in [0.2, 0.25) is 11.8 Å². The summed E-state index contributed by atoms with van der Waals surface area (Å²) in [6.45, 7) is 4.82. The van der Waals surface area contributed by atoms with Crippen LogP contribution >= 0.6 is 11.8 Å². The van der Waals surface area contributed by atoms with Crippen molar-refractivity contribution in [1.29, 1.82) is 0 Å². The van der Waals surface area contributed by atoms with Gasteiger partial charge in [-0.2, -0.15) is 0 Å². The first-order chi connectivity index (χ1) is 13.6. The molecule has 0 saturated heterocycles. The van der Waals surface area contributed by atoms with Crippen molar-refractivity contribution in [3.63, 3.8) is 0 Å². The molecule has 2 N–H and O–H groups in total. The lowest BCUT2D eigenvalue weighted by Gasteiger charge is -2.22. The van der Waals surface area contributed by atoms with E-state index < -0.39 is 26.8 Å². The minimum atomic E-state index is -3.80. The molecule has 0 radical (unpaired) electrons. The highest BCUT2D eigenvalue weighted by Gasteiger charge is 2.29. The summed E-state index contributed by atoms with van der Waals surface area (Å²) >= 11 is 1.36. The fraction of sp³-hybridized carbons (Fsp3) is 0.300. The molecule has 2 atom stereocenters. The van der Waals surface area contributed by atoms with Crippen LogP contribution in [0.4, 0.5) is 15.8 Å². The van der Waals surface area contributed by atoms with E-state index in [2.05, 4.69) is 10.6 Å². The van der Waals surface area contributed by atoms with Gasteiger partial charge in [-0.25, -0.2) is 12.8 Å². The van der Waals surface area contributed by atoms with Gasteiger partial charge < -0.3 is 10.6 Å². The second-order valence-electron chi connectivity index (χ2n) is 6.98. The van der Waals surface area contributed by atoms with E-state index in [4.69, 9.17) is 0 Å². The quantitative estimate of drug-likeness (QED) is 0.745. The monoisotopic (exact) mass is 436 g/mol. The second-order valence-corrected chi connectivity index (χ2v) is 10.7. The molecule has 2 aromatic rings. The first-order valence-electron chi connectivity index (χ1n) is 8.99. The van der Waals surface area contributed by atoms with Crippen LogP contribution in [0.3, 0.4) is 0 Å². The fourth-order valence-corrected chi connectivity index (χ4v) is 5.16. The predicted octanol–water partition coefficient (Wildman–Crippen LogP) is 3.76. The summed E-state index contributed by atoms with van der Waals surface area (Å²) in [5, 5.41) is 3.98. The molecule has 1 heterocycles. The predicted molar refractivity (Wildman–Crippen MR) is 111 cm³/mol. The van der Waals surface area contributed by atoms with Gasteiger partial charge in [-0.1, -0.05) is 6.07 Å². The molecular weight excluding hydrogens is 415 g/mol. The average molecular weight is 437 g/mol. The molecule has 0 fully saturated rings. The number of hydrogen-bond donors (Lipinski definition) is 2. The van der Waals surface area contributed by atoms with Gasteiger partial charge in [0.1, 0.15) is 5.82 Å². The standard InChI is InChI=1S/C20H21FN2O4S2/c1-11-4-5-14(9-16(11)21)22-19(24)8-12(2)29(26,27)15-6-7-18-17(10-15)23-20(25)13(3)28-18/h4-7,9-10,12-13H,8H2,1-3H3,(H,22,24)(H,23,25). The number of carbonyl (C=O) groups excluding carboxylic acids is 2. The van der Waals surface area contributed by atoms with Crippen molar-refractivity contribution in [3.05, 3.63) is 47.8 Å². The lowest BCUT2D eigenvalue weighted by Crippen LogP contribution is -2.27. The van der Waals surface area contributed by atoms with Crippen LogP contribution in [0.2, 0.25) is 0 Å². The maximum Gasteiger partial charge on any atom is 0.237 e. The fourth-order valence-electron chi connectivity index (χ4n) is 2.85. The maximum atomic E-state index is 13.6. The third-order valence-corrected chi connectivity index (χ3v) is 7.98. The highest BCUT2D eigenvalue weighted by atomic mass is 32.2. The van der Waals surface area contributed by atoms with Crippen LogP contribution < -0.4 is 10.6 Å². The summed E-state index contributed by atoms with van der Waals surface area (Å²) in [5.74, 6) is -1.17. The van der Waals surface area contributed by atoms with E-state index in [1.54, 1.807) is 26.0 Å². The molecule has 9 heteroatoms. The van der Waals surface area contributed by atoms with E-state index in [1.165, 1.54) is 43.0 Å². The molecule has 0 spiro atoms. The molecule has 1 aliphatic rings. The van der Waals surface area contributed by atoms with Crippen molar-refractivity contribution >= 4 is 44.8 Å². The second kappa shape index (κ2) is 8.16. The average Bonchev–Trinajstić information content (AvgIpc) is 2.65. The summed E-state index contributed by atoms with van der Waals surface area (Å²) in [6, 6.07) is 8.84. The number of anilines is 2. The molecule has 2 unspecified atom stereocenters. The number of hydrogen-bond acceptors (Lipinski definition) is 5. The number of rotatable bonds is 5. The first kappa shape index (κ1) is 21.3. The Balaban J connectivity index is 1.73. The van der Waals surface area contributed by atoms with Crippen LogP contribution in [0.15, 0.2) is 46.2 Å². The minimum Gasteiger partial charge on any atom is -0.326 e. The number of sulfone groups is 1. The number of halogens is 1. The molecule has 0 saturated carbocycles. The molecule has 0 aliphatic carbocycles. The number of nitrogens with one attached hydrogen (secondary N) is 2. The minimum absolute atomic E-state index is 0.0355. The summed E-state index contributed by atoms with van der Waals surface area (Å²) in [5.41, 5.74) is 1.17. The highest BCUT2D eigenvalue weighted by Crippen LogP contribution is 2.37. The van der Waals surface area contributed by atoms with Gasteiger partial charge in [0.25, 0.3) is 0 Å². The van der Waals surface area contributed by atoms with Gasteiger partial charge in [0.05, 0.1) is 21.1 Å². The SMILES string of the molecule is Cc1ccc(NC(=O)CC(C)S(=O)(=O)c2ccc3c(c2)NC(=O)C(C)S3)cc1F. The van der Waals surface area contributed by atoms with E-state index in [0.29, 0.717) is 11.3 Å². The molecule has 0 bridgehead atoms. The number of amides is 2. The van der Waals surface area contributed by atoms with Gasteiger partial charge in [0.15, 0.2) is 9.84 Å². The van der Waals surface area contributed by atoms with Crippen LogP contribution in [-0.2, 0) is 19.4 Å². The van der Waals surface area contributed by atoms with Crippen molar-refractivity contribution < 1.29 is 22.4 Å². The van der Waals surface area contributed by atoms with Crippen molar-refractivity contribution in [3.8, 4) is 0 Å². The van der Waals surface area contributed by atoms with Crippen LogP contribution in [0.1, 0.15) is 25.8 Å². The number of thioether (sulfide) groups is 1. The normalized spacial score (nSPS) is 17.2. The Morgan fingerprint density at radius 1 is 1.28 bits per heavy atom. The summed E-state index contributed by atoms with van der Waals surface area (Å²) in [6.07, 6.45) is -0.285. The van der Waals surface area contributed by atoms with Gasteiger partial charge in [0, 0.05) is 17.0 Å². The van der Waals surface area contributed by atoms with E-state index in [9.17, 15) is 22.4 Å². The zero-order valence-corrected chi connectivity index (χ0v) is 17.8. The van der Waals surface area contributed by atoms with Crippen LogP contribution in [-0.4, -0.2) is 30.7 Å². The maximum absolute atomic E-state index is 13.6. The number of benzene rings is 2. The topological polar surface area (TPSA) is 92.3 Å². The number of fused-ring (bicyclic) bond motifs is 1. The van der Waals surface area contributed by atoms with Gasteiger partial charge >= 0.3 is 0 Å². The van der Waals surface area contributed by atoms with Crippen LogP contribution in [0.25, 0.3) is 0 Å². The Kier molecular flexibility index (Phi) is 6.00. The molecular formula is C20H21FN2O4S2. The molecule has 0 aromatic heterocycles. The Morgan fingerprint density at radius 3 is 2.69 bits per heavy atom. The van der Waals surface area contributed by atoms with E-state index in [-0.39, 0.29) is 28.2 Å². The Labute approximate surface area is 173 Å². The van der Waals surface area contributed by atoms with Crippen LogP contribution in [0, 0.1) is 12.7 Å². The smallest absolute Gasteiger partial charge is 0.237 e. The number of carbonyl (C=O) groups is 2. The molecule has 2 amide bonds. The molecule has 29 heavy (non-hydrogen) atoms. The van der Waals surface area contributed by atoms with Gasteiger partial charge in [-0.05, 0) is 56.7 Å².